The first-order valence-corrected chi connectivity index (χ1v) is 10.2. The van der Waals surface area contributed by atoms with E-state index in [1.807, 2.05) is 50.2 Å². The van der Waals surface area contributed by atoms with Gasteiger partial charge in [-0.3, -0.25) is 4.79 Å². The van der Waals surface area contributed by atoms with Gasteiger partial charge in [-0.05, 0) is 63.1 Å². The van der Waals surface area contributed by atoms with Gasteiger partial charge in [-0.15, -0.1) is 11.3 Å². The zero-order valence-electron chi connectivity index (χ0n) is 16.0. The average molecular weight is 398 g/mol. The van der Waals surface area contributed by atoms with Gasteiger partial charge in [0.2, 0.25) is 0 Å². The Morgan fingerprint density at radius 1 is 1.07 bits per heavy atom. The minimum Gasteiger partial charge on any atom is -0.459 e. The summed E-state index contributed by atoms with van der Waals surface area (Å²) in [4.78, 5) is 17.8. The van der Waals surface area contributed by atoms with Crippen molar-refractivity contribution in [1.82, 2.24) is 4.98 Å². The average Bonchev–Trinajstić information content (AvgIpc) is 3.30. The van der Waals surface area contributed by atoms with Crippen molar-refractivity contribution in [3.05, 3.63) is 52.7 Å². The molecule has 0 saturated carbocycles. The van der Waals surface area contributed by atoms with Crippen LogP contribution in [0.3, 0.4) is 0 Å². The Morgan fingerprint density at radius 2 is 1.79 bits per heavy atom. The second-order valence-electron chi connectivity index (χ2n) is 6.91. The number of aromatic nitrogens is 1. The third-order valence-corrected chi connectivity index (χ3v) is 5.86. The number of thiazole rings is 1. The number of aryl methyl sites for hydroxylation is 2. The van der Waals surface area contributed by atoms with E-state index < -0.39 is 0 Å². The number of hydrogen-bond donors (Lipinski definition) is 2. The molecule has 3 heterocycles. The van der Waals surface area contributed by atoms with Gasteiger partial charge in [-0.1, -0.05) is 0 Å². The minimum absolute atomic E-state index is 0.158. The molecule has 2 N–H and O–H groups in total. The van der Waals surface area contributed by atoms with Crippen LogP contribution in [-0.4, -0.2) is 30.1 Å². The third kappa shape index (κ3) is 4.26. The van der Waals surface area contributed by atoms with Crippen LogP contribution in [0.25, 0.3) is 10.8 Å². The van der Waals surface area contributed by atoms with Crippen LogP contribution in [-0.2, 0) is 4.74 Å². The van der Waals surface area contributed by atoms with Crippen molar-refractivity contribution in [3.63, 3.8) is 0 Å². The first kappa shape index (κ1) is 18.7. The van der Waals surface area contributed by atoms with Crippen molar-refractivity contribution in [3.8, 4) is 10.8 Å². The van der Waals surface area contributed by atoms with Gasteiger partial charge in [-0.25, -0.2) is 4.98 Å². The summed E-state index contributed by atoms with van der Waals surface area (Å²) in [6.45, 7) is 5.34. The fourth-order valence-corrected chi connectivity index (χ4v) is 4.10. The molecule has 1 aromatic carbocycles. The van der Waals surface area contributed by atoms with Crippen LogP contribution < -0.4 is 10.6 Å². The summed E-state index contributed by atoms with van der Waals surface area (Å²) in [6.07, 6.45) is 2.03. The molecular formula is C21H23N3O3S. The highest BCUT2D eigenvalue weighted by Gasteiger charge is 2.18. The number of ether oxygens (including phenoxy) is 1. The second kappa shape index (κ2) is 8.16. The molecule has 0 spiro atoms. The predicted molar refractivity (Wildman–Crippen MR) is 111 cm³/mol. The molecule has 1 aliphatic heterocycles. The lowest BCUT2D eigenvalue weighted by Crippen LogP contribution is -2.27. The van der Waals surface area contributed by atoms with Crippen LogP contribution in [0.5, 0.6) is 0 Å². The number of hydrogen-bond acceptors (Lipinski definition) is 6. The number of furan rings is 1. The summed E-state index contributed by atoms with van der Waals surface area (Å²) in [6, 6.07) is 12.0. The second-order valence-corrected chi connectivity index (χ2v) is 7.91. The number of anilines is 2. The summed E-state index contributed by atoms with van der Waals surface area (Å²) in [5, 5.41) is 7.18. The Morgan fingerprint density at radius 3 is 2.46 bits per heavy atom. The number of benzene rings is 1. The zero-order valence-corrected chi connectivity index (χ0v) is 16.8. The SMILES string of the molecule is Cc1ccc(-c2nc(C)c(C(=O)Nc3ccc(NC4CCOCC4)cc3)s2)o1. The van der Waals surface area contributed by atoms with E-state index in [0.717, 1.165) is 43.2 Å². The number of amides is 1. The lowest BCUT2D eigenvalue weighted by atomic mass is 10.1. The summed E-state index contributed by atoms with van der Waals surface area (Å²) < 4.78 is 11.0. The van der Waals surface area contributed by atoms with Gasteiger partial charge in [0.15, 0.2) is 10.8 Å². The lowest BCUT2D eigenvalue weighted by molar-refractivity contribution is 0.0904. The molecule has 1 amide bonds. The summed E-state index contributed by atoms with van der Waals surface area (Å²) in [7, 11) is 0. The highest BCUT2D eigenvalue weighted by Crippen LogP contribution is 2.30. The molecule has 2 aromatic heterocycles. The van der Waals surface area contributed by atoms with Gasteiger partial charge < -0.3 is 19.8 Å². The van der Waals surface area contributed by atoms with E-state index in [1.165, 1.54) is 11.3 Å². The third-order valence-electron chi connectivity index (χ3n) is 4.69. The quantitative estimate of drug-likeness (QED) is 0.643. The van der Waals surface area contributed by atoms with E-state index in [9.17, 15) is 4.79 Å². The molecule has 4 rings (SSSR count). The molecule has 0 unspecified atom stereocenters. The molecule has 1 saturated heterocycles. The first-order chi connectivity index (χ1) is 13.6. The van der Waals surface area contributed by atoms with Gasteiger partial charge in [0.05, 0.1) is 5.69 Å². The van der Waals surface area contributed by atoms with Gasteiger partial charge in [0.1, 0.15) is 10.6 Å². The van der Waals surface area contributed by atoms with E-state index in [1.54, 1.807) is 0 Å². The molecule has 0 bridgehead atoms. The number of carbonyl (C=O) groups excluding carboxylic acids is 1. The number of nitrogens with one attached hydrogen (secondary N) is 2. The smallest absolute Gasteiger partial charge is 0.267 e. The Bertz CT molecular complexity index is 956. The number of carbonyl (C=O) groups is 1. The monoisotopic (exact) mass is 397 g/mol. The first-order valence-electron chi connectivity index (χ1n) is 9.38. The summed E-state index contributed by atoms with van der Waals surface area (Å²) in [5.74, 6) is 1.35. The van der Waals surface area contributed by atoms with Crippen molar-refractivity contribution < 1.29 is 13.9 Å². The molecule has 0 aliphatic carbocycles. The van der Waals surface area contributed by atoms with Crippen LogP contribution >= 0.6 is 11.3 Å². The van der Waals surface area contributed by atoms with Crippen molar-refractivity contribution in [2.45, 2.75) is 32.7 Å². The number of rotatable bonds is 5. The van der Waals surface area contributed by atoms with Crippen molar-refractivity contribution in [1.29, 1.82) is 0 Å². The number of nitrogens with zero attached hydrogens (tertiary/aromatic N) is 1. The molecule has 1 fully saturated rings. The summed E-state index contributed by atoms with van der Waals surface area (Å²) in [5.41, 5.74) is 2.50. The van der Waals surface area contributed by atoms with Gasteiger partial charge in [0, 0.05) is 30.6 Å². The predicted octanol–water partition coefficient (Wildman–Crippen LogP) is 4.86. The van der Waals surface area contributed by atoms with Crippen molar-refractivity contribution in [2.75, 3.05) is 23.8 Å². The molecular weight excluding hydrogens is 374 g/mol. The topological polar surface area (TPSA) is 76.4 Å². The molecule has 1 aliphatic rings. The van der Waals surface area contributed by atoms with Crippen LogP contribution in [0.2, 0.25) is 0 Å². The van der Waals surface area contributed by atoms with E-state index in [-0.39, 0.29) is 5.91 Å². The van der Waals surface area contributed by atoms with Crippen LogP contribution in [0.1, 0.15) is 34.0 Å². The van der Waals surface area contributed by atoms with Crippen molar-refractivity contribution >= 4 is 28.6 Å². The van der Waals surface area contributed by atoms with E-state index >= 15 is 0 Å². The molecule has 0 radical (unpaired) electrons. The molecule has 3 aromatic rings. The molecule has 146 valence electrons. The van der Waals surface area contributed by atoms with E-state index in [4.69, 9.17) is 9.15 Å². The Labute approximate surface area is 167 Å². The molecule has 7 heteroatoms. The fourth-order valence-electron chi connectivity index (χ4n) is 3.18. The van der Waals surface area contributed by atoms with E-state index in [0.29, 0.717) is 27.4 Å². The highest BCUT2D eigenvalue weighted by molar-refractivity contribution is 7.17. The lowest BCUT2D eigenvalue weighted by Gasteiger charge is -2.24. The van der Waals surface area contributed by atoms with Gasteiger partial charge >= 0.3 is 0 Å². The highest BCUT2D eigenvalue weighted by atomic mass is 32.1. The largest absolute Gasteiger partial charge is 0.459 e. The van der Waals surface area contributed by atoms with Crippen LogP contribution in [0.15, 0.2) is 40.8 Å². The standard InChI is InChI=1S/C21H23N3O3S/c1-13-3-8-18(27-13)21-22-14(2)19(28-21)20(25)24-16-6-4-15(5-7-16)23-17-9-11-26-12-10-17/h3-8,17,23H,9-12H2,1-2H3,(H,24,25). The molecule has 0 atom stereocenters. The fraction of sp³-hybridized carbons (Fsp3) is 0.333. The normalized spacial score (nSPS) is 14.8. The maximum Gasteiger partial charge on any atom is 0.267 e. The summed E-state index contributed by atoms with van der Waals surface area (Å²) >= 11 is 1.34. The van der Waals surface area contributed by atoms with Crippen LogP contribution in [0.4, 0.5) is 11.4 Å². The maximum absolute atomic E-state index is 12.7. The Balaban J connectivity index is 1.41. The van der Waals surface area contributed by atoms with E-state index in [2.05, 4.69) is 15.6 Å². The van der Waals surface area contributed by atoms with Crippen molar-refractivity contribution in [2.24, 2.45) is 0 Å². The Hall–Kier alpha value is -2.64. The minimum atomic E-state index is -0.158. The maximum atomic E-state index is 12.7. The van der Waals surface area contributed by atoms with Gasteiger partial charge in [-0.2, -0.15) is 0 Å². The molecule has 6 nitrogen and oxygen atoms in total. The van der Waals surface area contributed by atoms with Gasteiger partial charge in [0.25, 0.3) is 5.91 Å². The Kier molecular flexibility index (Phi) is 5.45. The molecule has 28 heavy (non-hydrogen) atoms. The van der Waals surface area contributed by atoms with Crippen LogP contribution in [0, 0.1) is 13.8 Å². The zero-order chi connectivity index (χ0) is 19.5.